The summed E-state index contributed by atoms with van der Waals surface area (Å²) in [6, 6.07) is 10.9. The number of benzene rings is 2. The van der Waals surface area contributed by atoms with E-state index in [2.05, 4.69) is 15.9 Å². The molecule has 3 nitrogen and oxygen atoms in total. The van der Waals surface area contributed by atoms with E-state index in [-0.39, 0.29) is 6.54 Å². The van der Waals surface area contributed by atoms with Gasteiger partial charge in [0.2, 0.25) is 0 Å². The molecule has 2 aromatic rings. The van der Waals surface area contributed by atoms with Gasteiger partial charge in [-0.15, -0.1) is 0 Å². The third kappa shape index (κ3) is 2.39. The number of hydrogen-bond acceptors (Lipinski definition) is 2. The van der Waals surface area contributed by atoms with Gasteiger partial charge in [0.05, 0.1) is 17.8 Å². The van der Waals surface area contributed by atoms with E-state index in [0.717, 1.165) is 15.6 Å². The van der Waals surface area contributed by atoms with Crippen LogP contribution >= 0.6 is 27.5 Å². The van der Waals surface area contributed by atoms with Crippen LogP contribution in [0.3, 0.4) is 0 Å². The van der Waals surface area contributed by atoms with Crippen LogP contribution in [0.4, 0.5) is 5.69 Å². The van der Waals surface area contributed by atoms with Crippen molar-refractivity contribution >= 4 is 44.9 Å². The highest BCUT2D eigenvalue weighted by atomic mass is 79.9. The second-order valence-electron chi connectivity index (χ2n) is 4.93. The lowest BCUT2D eigenvalue weighted by Gasteiger charge is -2.19. The molecule has 0 aromatic heterocycles. The number of rotatable bonds is 2. The molecular formula is C16H11BrClNO2. The quantitative estimate of drug-likeness (QED) is 0.751. The molecule has 0 aliphatic carbocycles. The summed E-state index contributed by atoms with van der Waals surface area (Å²) in [6.45, 7) is 2.18. The SMILES string of the molecule is Cc1cccc2c1N(Cc1ccc(Br)cc1Cl)C(=O)C2=O. The second kappa shape index (κ2) is 5.28. The van der Waals surface area contributed by atoms with Crippen molar-refractivity contribution in [2.75, 3.05) is 4.90 Å². The first-order valence-electron chi connectivity index (χ1n) is 6.39. The molecule has 0 spiro atoms. The minimum Gasteiger partial charge on any atom is -0.300 e. The molecule has 1 aliphatic rings. The van der Waals surface area contributed by atoms with Gasteiger partial charge in [0.15, 0.2) is 0 Å². The van der Waals surface area contributed by atoms with Crippen LogP contribution in [0.5, 0.6) is 0 Å². The van der Waals surface area contributed by atoms with Crippen LogP contribution in [0.1, 0.15) is 21.5 Å². The fraction of sp³-hybridized carbons (Fsp3) is 0.125. The molecule has 0 N–H and O–H groups in total. The molecule has 0 saturated carbocycles. The van der Waals surface area contributed by atoms with Crippen molar-refractivity contribution in [2.45, 2.75) is 13.5 Å². The van der Waals surface area contributed by atoms with Crippen molar-refractivity contribution in [1.82, 2.24) is 0 Å². The number of Topliss-reactive ketones (excluding diaryl/α,β-unsaturated/α-hetero) is 1. The summed E-state index contributed by atoms with van der Waals surface area (Å²) in [5.74, 6) is -0.958. The highest BCUT2D eigenvalue weighted by Gasteiger charge is 2.36. The maximum atomic E-state index is 12.2. The first kappa shape index (κ1) is 14.3. The van der Waals surface area contributed by atoms with Gasteiger partial charge in [0.1, 0.15) is 0 Å². The van der Waals surface area contributed by atoms with Crippen LogP contribution < -0.4 is 4.90 Å². The number of anilines is 1. The molecular weight excluding hydrogens is 354 g/mol. The predicted octanol–water partition coefficient (Wildman–Crippen LogP) is 4.14. The van der Waals surface area contributed by atoms with E-state index in [0.29, 0.717) is 16.3 Å². The molecule has 0 saturated heterocycles. The number of para-hydroxylation sites is 1. The fourth-order valence-electron chi connectivity index (χ4n) is 2.51. The summed E-state index contributed by atoms with van der Waals surface area (Å²) in [5.41, 5.74) is 2.86. The van der Waals surface area contributed by atoms with Gasteiger partial charge in [0, 0.05) is 9.50 Å². The summed E-state index contributed by atoms with van der Waals surface area (Å²) < 4.78 is 0.872. The van der Waals surface area contributed by atoms with Crippen molar-refractivity contribution in [1.29, 1.82) is 0 Å². The van der Waals surface area contributed by atoms with Gasteiger partial charge in [-0.2, -0.15) is 0 Å². The van der Waals surface area contributed by atoms with Crippen LogP contribution in [0.15, 0.2) is 40.9 Å². The molecule has 106 valence electrons. The number of ketones is 1. The third-order valence-corrected chi connectivity index (χ3v) is 4.38. The van der Waals surface area contributed by atoms with Crippen LogP contribution in [-0.2, 0) is 11.3 Å². The zero-order chi connectivity index (χ0) is 15.1. The average Bonchev–Trinajstić information content (AvgIpc) is 2.68. The van der Waals surface area contributed by atoms with Crippen molar-refractivity contribution in [3.05, 3.63) is 62.6 Å². The molecule has 3 rings (SSSR count). The first-order chi connectivity index (χ1) is 9.99. The van der Waals surface area contributed by atoms with E-state index in [1.54, 1.807) is 18.2 Å². The Kier molecular flexibility index (Phi) is 3.59. The fourth-order valence-corrected chi connectivity index (χ4v) is 3.24. The van der Waals surface area contributed by atoms with Gasteiger partial charge in [-0.05, 0) is 36.2 Å². The van der Waals surface area contributed by atoms with Crippen molar-refractivity contribution < 1.29 is 9.59 Å². The number of carbonyl (C=O) groups excluding carboxylic acids is 2. The Balaban J connectivity index is 2.04. The van der Waals surface area contributed by atoms with Crippen LogP contribution in [0.2, 0.25) is 5.02 Å². The van der Waals surface area contributed by atoms with E-state index < -0.39 is 11.7 Å². The topological polar surface area (TPSA) is 37.4 Å². The summed E-state index contributed by atoms with van der Waals surface area (Å²) >= 11 is 9.55. The van der Waals surface area contributed by atoms with E-state index in [1.165, 1.54) is 4.90 Å². The number of carbonyl (C=O) groups is 2. The Labute approximate surface area is 135 Å². The largest absolute Gasteiger partial charge is 0.300 e. The minimum absolute atomic E-state index is 0.286. The maximum absolute atomic E-state index is 12.2. The van der Waals surface area contributed by atoms with Crippen molar-refractivity contribution in [3.8, 4) is 0 Å². The monoisotopic (exact) mass is 363 g/mol. The van der Waals surface area contributed by atoms with Crippen LogP contribution in [-0.4, -0.2) is 11.7 Å². The molecule has 21 heavy (non-hydrogen) atoms. The number of halogens is 2. The Morgan fingerprint density at radius 1 is 1.19 bits per heavy atom. The number of amides is 1. The highest BCUT2D eigenvalue weighted by molar-refractivity contribution is 9.10. The Hall–Kier alpha value is -1.65. The van der Waals surface area contributed by atoms with E-state index >= 15 is 0 Å². The molecule has 1 aliphatic heterocycles. The Morgan fingerprint density at radius 2 is 1.95 bits per heavy atom. The number of hydrogen-bond donors (Lipinski definition) is 0. The molecule has 5 heteroatoms. The van der Waals surface area contributed by atoms with Gasteiger partial charge in [-0.25, -0.2) is 0 Å². The Bertz CT molecular complexity index is 773. The standard InChI is InChI=1S/C16H11BrClNO2/c1-9-3-2-4-12-14(9)19(16(21)15(12)20)8-10-5-6-11(17)7-13(10)18/h2-7H,8H2,1H3. The van der Waals surface area contributed by atoms with Gasteiger partial charge >= 0.3 is 0 Å². The number of fused-ring (bicyclic) bond motifs is 1. The van der Waals surface area contributed by atoms with Crippen molar-refractivity contribution in [2.24, 2.45) is 0 Å². The smallest absolute Gasteiger partial charge is 0.299 e. The lowest BCUT2D eigenvalue weighted by atomic mass is 10.1. The Morgan fingerprint density at radius 3 is 2.67 bits per heavy atom. The van der Waals surface area contributed by atoms with E-state index in [1.807, 2.05) is 25.1 Å². The summed E-state index contributed by atoms with van der Waals surface area (Å²) in [7, 11) is 0. The molecule has 0 fully saturated rings. The average molecular weight is 365 g/mol. The van der Waals surface area contributed by atoms with E-state index in [4.69, 9.17) is 11.6 Å². The summed E-state index contributed by atoms with van der Waals surface area (Å²) in [6.07, 6.45) is 0. The molecule has 0 bridgehead atoms. The second-order valence-corrected chi connectivity index (χ2v) is 6.25. The molecule has 1 amide bonds. The predicted molar refractivity (Wildman–Crippen MR) is 85.9 cm³/mol. The lowest BCUT2D eigenvalue weighted by molar-refractivity contribution is -0.114. The van der Waals surface area contributed by atoms with Crippen LogP contribution in [0.25, 0.3) is 0 Å². The van der Waals surface area contributed by atoms with Gasteiger partial charge in [-0.1, -0.05) is 45.7 Å². The normalized spacial score (nSPS) is 13.8. The molecule has 0 atom stereocenters. The lowest BCUT2D eigenvalue weighted by Crippen LogP contribution is -2.29. The van der Waals surface area contributed by atoms with E-state index in [9.17, 15) is 9.59 Å². The number of aryl methyl sites for hydroxylation is 1. The van der Waals surface area contributed by atoms with Gasteiger partial charge in [-0.3, -0.25) is 9.59 Å². The summed E-state index contributed by atoms with van der Waals surface area (Å²) in [5, 5.41) is 0.562. The number of nitrogens with zero attached hydrogens (tertiary/aromatic N) is 1. The molecule has 1 heterocycles. The van der Waals surface area contributed by atoms with Gasteiger partial charge < -0.3 is 4.90 Å². The molecule has 0 unspecified atom stereocenters. The van der Waals surface area contributed by atoms with Gasteiger partial charge in [0.25, 0.3) is 11.7 Å². The first-order valence-corrected chi connectivity index (χ1v) is 7.56. The van der Waals surface area contributed by atoms with Crippen molar-refractivity contribution in [3.63, 3.8) is 0 Å². The summed E-state index contributed by atoms with van der Waals surface area (Å²) in [4.78, 5) is 25.8. The minimum atomic E-state index is -0.502. The maximum Gasteiger partial charge on any atom is 0.299 e. The molecule has 0 radical (unpaired) electrons. The molecule has 2 aromatic carbocycles. The zero-order valence-electron chi connectivity index (χ0n) is 11.2. The third-order valence-electron chi connectivity index (χ3n) is 3.54. The highest BCUT2D eigenvalue weighted by Crippen LogP contribution is 2.34. The zero-order valence-corrected chi connectivity index (χ0v) is 13.5. The van der Waals surface area contributed by atoms with Crippen LogP contribution in [0, 0.1) is 6.92 Å².